The van der Waals surface area contributed by atoms with Crippen molar-refractivity contribution in [1.82, 2.24) is 0 Å². The lowest BCUT2D eigenvalue weighted by molar-refractivity contribution is -0.383. The third-order valence-corrected chi connectivity index (χ3v) is 3.13. The molecule has 6 nitrogen and oxygen atoms in total. The van der Waals surface area contributed by atoms with E-state index < -0.39 is 0 Å². The quantitative estimate of drug-likeness (QED) is 0.413. The van der Waals surface area contributed by atoms with Gasteiger partial charge in [0.05, 0.1) is 4.92 Å². The Kier molecular flexibility index (Phi) is 6.79. The molecule has 0 amide bonds. The largest absolute Gasteiger partial charge is 0.396 e. The summed E-state index contributed by atoms with van der Waals surface area (Å²) in [5.74, 6) is 0. The van der Waals surface area contributed by atoms with Gasteiger partial charge in [0.25, 0.3) is 0 Å². The van der Waals surface area contributed by atoms with Crippen molar-refractivity contribution in [2.45, 2.75) is 26.2 Å². The van der Waals surface area contributed by atoms with Gasteiger partial charge in [0.2, 0.25) is 0 Å². The fourth-order valence-corrected chi connectivity index (χ4v) is 2.12. The number of rotatable bonds is 9. The van der Waals surface area contributed by atoms with Gasteiger partial charge >= 0.3 is 5.69 Å². The Labute approximate surface area is 119 Å². The van der Waals surface area contributed by atoms with Gasteiger partial charge in [-0.1, -0.05) is 6.07 Å². The average Bonchev–Trinajstić information content (AvgIpc) is 2.43. The number of nitrogens with one attached hydrogen (secondary N) is 1. The molecule has 0 bridgehead atoms. The van der Waals surface area contributed by atoms with Gasteiger partial charge in [-0.05, 0) is 38.3 Å². The Morgan fingerprint density at radius 2 is 2.10 bits per heavy atom. The molecule has 1 aromatic rings. The molecule has 0 atom stereocenters. The number of anilines is 2. The summed E-state index contributed by atoms with van der Waals surface area (Å²) in [7, 11) is 1.86. The summed E-state index contributed by atoms with van der Waals surface area (Å²) in [5.41, 5.74) is 1.30. The highest BCUT2D eigenvalue weighted by Crippen LogP contribution is 2.34. The molecule has 0 aliphatic carbocycles. The summed E-state index contributed by atoms with van der Waals surface area (Å²) in [6, 6.07) is 5.32. The summed E-state index contributed by atoms with van der Waals surface area (Å²) in [6.07, 6.45) is 2.59. The first kappa shape index (κ1) is 16.2. The van der Waals surface area contributed by atoms with Gasteiger partial charge in [-0.3, -0.25) is 10.1 Å². The monoisotopic (exact) mass is 281 g/mol. The molecule has 2 N–H and O–H groups in total. The molecule has 20 heavy (non-hydrogen) atoms. The molecule has 0 aliphatic rings. The molecular formula is C14H23N3O3. The first-order valence-corrected chi connectivity index (χ1v) is 6.95. The van der Waals surface area contributed by atoms with E-state index in [2.05, 4.69) is 5.32 Å². The van der Waals surface area contributed by atoms with Gasteiger partial charge in [0.1, 0.15) is 11.4 Å². The van der Waals surface area contributed by atoms with Crippen LogP contribution in [0, 0.1) is 10.1 Å². The van der Waals surface area contributed by atoms with E-state index in [1.807, 2.05) is 24.9 Å². The van der Waals surface area contributed by atoms with Crippen molar-refractivity contribution in [3.63, 3.8) is 0 Å². The molecule has 0 fully saturated rings. The minimum absolute atomic E-state index is 0.124. The van der Waals surface area contributed by atoms with Crippen LogP contribution >= 0.6 is 0 Å². The zero-order valence-corrected chi connectivity index (χ0v) is 12.1. The van der Waals surface area contributed by atoms with Gasteiger partial charge in [-0.15, -0.1) is 0 Å². The molecule has 112 valence electrons. The summed E-state index contributed by atoms with van der Waals surface area (Å²) in [5, 5.41) is 23.1. The van der Waals surface area contributed by atoms with Crippen LogP contribution in [-0.2, 0) is 0 Å². The number of benzene rings is 1. The van der Waals surface area contributed by atoms with Gasteiger partial charge in [-0.2, -0.15) is 0 Å². The Morgan fingerprint density at radius 3 is 2.70 bits per heavy atom. The minimum Gasteiger partial charge on any atom is -0.396 e. The zero-order chi connectivity index (χ0) is 15.0. The van der Waals surface area contributed by atoms with Crippen LogP contribution in [0.3, 0.4) is 0 Å². The molecule has 0 saturated heterocycles. The maximum atomic E-state index is 11.3. The lowest BCUT2D eigenvalue weighted by Crippen LogP contribution is -2.20. The fourth-order valence-electron chi connectivity index (χ4n) is 2.12. The predicted octanol–water partition coefficient (Wildman–Crippen LogP) is 2.63. The van der Waals surface area contributed by atoms with Crippen LogP contribution in [0.5, 0.6) is 0 Å². The predicted molar refractivity (Wildman–Crippen MR) is 81.5 cm³/mol. The number of hydrogen-bond acceptors (Lipinski definition) is 5. The highest BCUT2D eigenvalue weighted by molar-refractivity contribution is 5.76. The van der Waals surface area contributed by atoms with Crippen molar-refractivity contribution < 1.29 is 10.0 Å². The summed E-state index contributed by atoms with van der Waals surface area (Å²) < 4.78 is 0. The molecule has 1 rings (SSSR count). The van der Waals surface area contributed by atoms with Crippen molar-refractivity contribution in [3.05, 3.63) is 28.3 Å². The molecule has 0 unspecified atom stereocenters. The molecule has 0 aliphatic heterocycles. The van der Waals surface area contributed by atoms with Crippen molar-refractivity contribution in [2.24, 2.45) is 0 Å². The highest BCUT2D eigenvalue weighted by atomic mass is 16.6. The van der Waals surface area contributed by atoms with E-state index in [4.69, 9.17) is 5.11 Å². The molecular weight excluding hydrogens is 258 g/mol. The van der Waals surface area contributed by atoms with E-state index in [-0.39, 0.29) is 17.2 Å². The second-order valence-electron chi connectivity index (χ2n) is 4.67. The Bertz CT molecular complexity index is 438. The molecule has 0 spiro atoms. The van der Waals surface area contributed by atoms with Crippen LogP contribution in [0.4, 0.5) is 17.1 Å². The maximum Gasteiger partial charge on any atom is 0.315 e. The highest BCUT2D eigenvalue weighted by Gasteiger charge is 2.21. The topological polar surface area (TPSA) is 78.6 Å². The van der Waals surface area contributed by atoms with Crippen LogP contribution in [-0.4, -0.2) is 36.8 Å². The van der Waals surface area contributed by atoms with Crippen LogP contribution in [0.25, 0.3) is 0 Å². The van der Waals surface area contributed by atoms with Crippen molar-refractivity contribution in [1.29, 1.82) is 0 Å². The van der Waals surface area contributed by atoms with Crippen molar-refractivity contribution in [3.8, 4) is 0 Å². The lowest BCUT2D eigenvalue weighted by Gasteiger charge is -2.20. The molecule has 0 saturated carbocycles. The van der Waals surface area contributed by atoms with Crippen LogP contribution in [0.2, 0.25) is 0 Å². The van der Waals surface area contributed by atoms with Crippen LogP contribution < -0.4 is 10.2 Å². The van der Waals surface area contributed by atoms with E-state index in [0.717, 1.165) is 25.8 Å². The molecule has 0 radical (unpaired) electrons. The molecule has 0 aromatic heterocycles. The van der Waals surface area contributed by atoms with Gasteiger partial charge in [0, 0.05) is 26.7 Å². The Hall–Kier alpha value is -1.82. The molecule has 1 aromatic carbocycles. The van der Waals surface area contributed by atoms with Gasteiger partial charge in [-0.25, -0.2) is 0 Å². The Morgan fingerprint density at radius 1 is 1.35 bits per heavy atom. The summed E-state index contributed by atoms with van der Waals surface area (Å²) >= 11 is 0. The second-order valence-corrected chi connectivity index (χ2v) is 4.67. The average molecular weight is 281 g/mol. The van der Waals surface area contributed by atoms with Crippen LogP contribution in [0.1, 0.15) is 26.2 Å². The standard InChI is InChI=1S/C14H23N3O3/c1-3-15-12-8-7-9-13(14(12)17(19)20)16(2)10-5-4-6-11-18/h7-9,15,18H,3-6,10-11H2,1-2H3. The van der Waals surface area contributed by atoms with E-state index in [9.17, 15) is 10.1 Å². The second kappa shape index (κ2) is 8.37. The van der Waals surface area contributed by atoms with Gasteiger partial charge < -0.3 is 15.3 Å². The van der Waals surface area contributed by atoms with E-state index in [1.54, 1.807) is 12.1 Å². The first-order chi connectivity index (χ1) is 9.61. The number of aliphatic hydroxyl groups is 1. The van der Waals surface area contributed by atoms with Gasteiger partial charge in [0.15, 0.2) is 0 Å². The zero-order valence-electron chi connectivity index (χ0n) is 12.1. The number of nitro groups is 1. The SMILES string of the molecule is CCNc1cccc(N(C)CCCCCO)c1[N+](=O)[O-]. The number of unbranched alkanes of at least 4 members (excludes halogenated alkanes) is 2. The third-order valence-electron chi connectivity index (χ3n) is 3.13. The summed E-state index contributed by atoms with van der Waals surface area (Å²) in [6.45, 7) is 3.48. The first-order valence-electron chi connectivity index (χ1n) is 6.95. The Balaban J connectivity index is 2.87. The van der Waals surface area contributed by atoms with Crippen molar-refractivity contribution >= 4 is 17.1 Å². The maximum absolute atomic E-state index is 11.3. The number of nitrogens with zero attached hydrogens (tertiary/aromatic N) is 2. The van der Waals surface area contributed by atoms with E-state index in [1.165, 1.54) is 0 Å². The van der Waals surface area contributed by atoms with Crippen molar-refractivity contribution in [2.75, 3.05) is 37.0 Å². The number of nitro benzene ring substituents is 1. The summed E-state index contributed by atoms with van der Waals surface area (Å²) in [4.78, 5) is 12.9. The fraction of sp³-hybridized carbons (Fsp3) is 0.571. The lowest BCUT2D eigenvalue weighted by atomic mass is 10.2. The molecule has 6 heteroatoms. The smallest absolute Gasteiger partial charge is 0.315 e. The normalized spacial score (nSPS) is 10.3. The minimum atomic E-state index is -0.336. The number of aliphatic hydroxyl groups excluding tert-OH is 1. The van der Waals surface area contributed by atoms with E-state index in [0.29, 0.717) is 17.9 Å². The molecule has 0 heterocycles. The number of hydrogen-bond donors (Lipinski definition) is 2. The third kappa shape index (κ3) is 4.38. The van der Waals surface area contributed by atoms with Crippen LogP contribution in [0.15, 0.2) is 18.2 Å². The number of para-hydroxylation sites is 1. The van der Waals surface area contributed by atoms with E-state index >= 15 is 0 Å².